The van der Waals surface area contributed by atoms with Gasteiger partial charge in [0.1, 0.15) is 0 Å². The molecule has 3 N–H and O–H groups in total. The molecule has 0 unspecified atom stereocenters. The van der Waals surface area contributed by atoms with E-state index in [9.17, 15) is 0 Å². The number of piperidine rings is 1. The van der Waals surface area contributed by atoms with E-state index in [1.807, 2.05) is 6.20 Å². The number of fused-ring (bicyclic) bond motifs is 1. The average Bonchev–Trinajstić information content (AvgIpc) is 3.14. The Hall–Kier alpha value is -2.74. The summed E-state index contributed by atoms with van der Waals surface area (Å²) in [5, 5.41) is 7.91. The third kappa shape index (κ3) is 4.32. The lowest BCUT2D eigenvalue weighted by atomic mass is 9.92. The smallest absolute Gasteiger partial charge is 0.336 e. The summed E-state index contributed by atoms with van der Waals surface area (Å²) < 4.78 is 7.39. The van der Waals surface area contributed by atoms with Crippen molar-refractivity contribution in [1.29, 1.82) is 0 Å². The second kappa shape index (κ2) is 8.73. The van der Waals surface area contributed by atoms with E-state index in [0.717, 1.165) is 50.0 Å². The van der Waals surface area contributed by atoms with Gasteiger partial charge in [-0.2, -0.15) is 4.98 Å². The van der Waals surface area contributed by atoms with Crippen LogP contribution in [0.4, 0.5) is 5.82 Å². The molecule has 4 heterocycles. The zero-order valence-corrected chi connectivity index (χ0v) is 17.2. The van der Waals surface area contributed by atoms with Crippen molar-refractivity contribution in [1.82, 2.24) is 29.9 Å². The highest BCUT2D eigenvalue weighted by molar-refractivity contribution is 5.59. The van der Waals surface area contributed by atoms with Crippen LogP contribution in [-0.2, 0) is 6.42 Å². The van der Waals surface area contributed by atoms with Crippen LogP contribution < -0.4 is 15.8 Å². The molecule has 1 aliphatic heterocycles. The third-order valence-corrected chi connectivity index (χ3v) is 5.54. The third-order valence-electron chi connectivity index (χ3n) is 5.54. The normalized spacial score (nSPS) is 15.1. The minimum absolute atomic E-state index is 0.291. The monoisotopic (exact) mass is 395 g/mol. The molecule has 0 aliphatic carbocycles. The van der Waals surface area contributed by atoms with Crippen LogP contribution in [0.3, 0.4) is 0 Å². The molecule has 3 aromatic rings. The number of hydrogen-bond donors (Lipinski definition) is 2. The largest absolute Gasteiger partial charge is 0.462 e. The van der Waals surface area contributed by atoms with Crippen LogP contribution in [0.2, 0.25) is 0 Å². The Kier molecular flexibility index (Phi) is 5.89. The van der Waals surface area contributed by atoms with Crippen molar-refractivity contribution < 1.29 is 4.74 Å². The van der Waals surface area contributed by atoms with Crippen LogP contribution in [0.1, 0.15) is 61.0 Å². The maximum absolute atomic E-state index is 6.07. The van der Waals surface area contributed by atoms with Gasteiger partial charge in [0.05, 0.1) is 18.5 Å². The van der Waals surface area contributed by atoms with E-state index in [1.54, 1.807) is 10.7 Å². The predicted molar refractivity (Wildman–Crippen MR) is 112 cm³/mol. The van der Waals surface area contributed by atoms with Gasteiger partial charge in [-0.1, -0.05) is 13.3 Å². The first-order chi connectivity index (χ1) is 14.2. The Morgan fingerprint density at radius 1 is 1.24 bits per heavy atom. The highest BCUT2D eigenvalue weighted by Crippen LogP contribution is 2.26. The van der Waals surface area contributed by atoms with Gasteiger partial charge in [0.15, 0.2) is 11.5 Å². The number of aryl methyl sites for hydroxylation is 1. The Morgan fingerprint density at radius 2 is 2.07 bits per heavy atom. The molecule has 0 atom stereocenters. The summed E-state index contributed by atoms with van der Waals surface area (Å²) in [6.07, 6.45) is 8.77. The van der Waals surface area contributed by atoms with E-state index in [2.05, 4.69) is 40.3 Å². The molecule has 154 valence electrons. The molecule has 1 saturated heterocycles. The van der Waals surface area contributed by atoms with Crippen LogP contribution in [0.5, 0.6) is 6.01 Å². The number of unbranched alkanes of at least 4 members (excludes halogenated alkanes) is 1. The molecule has 4 rings (SSSR count). The number of nitrogens with zero attached hydrogens (tertiary/aromatic N) is 5. The molecule has 1 aliphatic rings. The van der Waals surface area contributed by atoms with Crippen molar-refractivity contribution in [2.75, 3.05) is 25.4 Å². The van der Waals surface area contributed by atoms with Crippen molar-refractivity contribution in [3.63, 3.8) is 0 Å². The maximum Gasteiger partial charge on any atom is 0.336 e. The lowest BCUT2D eigenvalue weighted by molar-refractivity contribution is 0.280. The highest BCUT2D eigenvalue weighted by atomic mass is 16.5. The molecular formula is C21H29N7O. The van der Waals surface area contributed by atoms with Gasteiger partial charge < -0.3 is 15.8 Å². The molecule has 0 saturated carbocycles. The number of aromatic nitrogens is 5. The van der Waals surface area contributed by atoms with Gasteiger partial charge in [-0.3, -0.25) is 4.98 Å². The van der Waals surface area contributed by atoms with Crippen molar-refractivity contribution in [3.8, 4) is 6.01 Å². The summed E-state index contributed by atoms with van der Waals surface area (Å²) in [6.45, 7) is 6.97. The average molecular weight is 396 g/mol. The van der Waals surface area contributed by atoms with E-state index < -0.39 is 0 Å². The number of nitrogens with two attached hydrogens (primary N) is 1. The van der Waals surface area contributed by atoms with Crippen molar-refractivity contribution in [3.05, 3.63) is 41.0 Å². The van der Waals surface area contributed by atoms with Crippen molar-refractivity contribution in [2.24, 2.45) is 0 Å². The summed E-state index contributed by atoms with van der Waals surface area (Å²) >= 11 is 0. The molecule has 29 heavy (non-hydrogen) atoms. The Balaban J connectivity index is 1.57. The van der Waals surface area contributed by atoms with E-state index in [0.29, 0.717) is 36.4 Å². The zero-order chi connectivity index (χ0) is 20.2. The lowest BCUT2D eigenvalue weighted by Crippen LogP contribution is -2.27. The summed E-state index contributed by atoms with van der Waals surface area (Å²) in [4.78, 5) is 13.4. The van der Waals surface area contributed by atoms with Crippen molar-refractivity contribution >= 4 is 11.5 Å². The Bertz CT molecular complexity index is 979. The van der Waals surface area contributed by atoms with Gasteiger partial charge in [-0.15, -0.1) is 5.10 Å². The van der Waals surface area contributed by atoms with E-state index in [-0.39, 0.29) is 0 Å². The zero-order valence-electron chi connectivity index (χ0n) is 17.2. The SMILES string of the molecule is CCCCOc1nc(N)c2ncc(Cc3cnc(C4CCNCC4)cc3C)n2n1. The molecule has 3 aromatic heterocycles. The molecular weight excluding hydrogens is 366 g/mol. The number of anilines is 1. The molecule has 8 nitrogen and oxygen atoms in total. The first-order valence-corrected chi connectivity index (χ1v) is 10.4. The number of nitrogen functional groups attached to an aromatic ring is 1. The van der Waals surface area contributed by atoms with Gasteiger partial charge >= 0.3 is 6.01 Å². The first kappa shape index (κ1) is 19.6. The lowest BCUT2D eigenvalue weighted by Gasteiger charge is -2.22. The summed E-state index contributed by atoms with van der Waals surface area (Å²) in [5.41, 5.74) is 11.2. The van der Waals surface area contributed by atoms with Crippen LogP contribution in [0.25, 0.3) is 5.65 Å². The minimum atomic E-state index is 0.291. The predicted octanol–water partition coefficient (Wildman–Crippen LogP) is 2.65. The molecule has 0 amide bonds. The Morgan fingerprint density at radius 3 is 2.83 bits per heavy atom. The van der Waals surface area contributed by atoms with Crippen LogP contribution in [-0.4, -0.2) is 44.3 Å². The maximum atomic E-state index is 6.07. The molecule has 0 bridgehead atoms. The van der Waals surface area contributed by atoms with Crippen molar-refractivity contribution in [2.45, 2.75) is 51.9 Å². The first-order valence-electron chi connectivity index (χ1n) is 10.4. The highest BCUT2D eigenvalue weighted by Gasteiger charge is 2.18. The molecule has 8 heteroatoms. The molecule has 0 radical (unpaired) electrons. The standard InChI is InChI=1S/C21H29N7O/c1-3-4-9-29-21-26-19(22)20-25-13-17(28(20)27-21)11-16-12-24-18(10-14(16)2)15-5-7-23-8-6-15/h10,12-13,15,23H,3-9,11H2,1-2H3,(H2,22,26,27). The number of rotatable bonds is 7. The molecule has 0 spiro atoms. The van der Waals surface area contributed by atoms with Crippen LogP contribution in [0.15, 0.2) is 18.5 Å². The summed E-state index contributed by atoms with van der Waals surface area (Å²) in [5.74, 6) is 0.879. The van der Waals surface area contributed by atoms with Gasteiger partial charge in [0.2, 0.25) is 0 Å². The number of hydrogen-bond acceptors (Lipinski definition) is 7. The Labute approximate surface area is 170 Å². The minimum Gasteiger partial charge on any atom is -0.462 e. The number of imidazole rings is 1. The van der Waals surface area contributed by atoms with E-state index >= 15 is 0 Å². The van der Waals surface area contributed by atoms with Crippen LogP contribution in [0, 0.1) is 6.92 Å². The fourth-order valence-electron chi connectivity index (χ4n) is 3.74. The molecule has 1 fully saturated rings. The van der Waals surface area contributed by atoms with Gasteiger partial charge in [-0.05, 0) is 56.5 Å². The van der Waals surface area contributed by atoms with E-state index in [1.165, 1.54) is 11.3 Å². The fraction of sp³-hybridized carbons (Fsp3) is 0.524. The quantitative estimate of drug-likeness (QED) is 0.593. The van der Waals surface area contributed by atoms with E-state index in [4.69, 9.17) is 15.5 Å². The number of nitrogens with one attached hydrogen (secondary N) is 1. The van der Waals surface area contributed by atoms with Gasteiger partial charge in [0.25, 0.3) is 0 Å². The number of pyridine rings is 1. The summed E-state index contributed by atoms with van der Waals surface area (Å²) in [7, 11) is 0. The van der Waals surface area contributed by atoms with Gasteiger partial charge in [-0.25, -0.2) is 9.50 Å². The number of ether oxygens (including phenoxy) is 1. The summed E-state index contributed by atoms with van der Waals surface area (Å²) in [6, 6.07) is 2.52. The van der Waals surface area contributed by atoms with Crippen LogP contribution >= 0.6 is 0 Å². The van der Waals surface area contributed by atoms with Gasteiger partial charge in [0, 0.05) is 24.2 Å². The second-order valence-corrected chi connectivity index (χ2v) is 7.70. The molecule has 0 aromatic carbocycles. The topological polar surface area (TPSA) is 103 Å². The second-order valence-electron chi connectivity index (χ2n) is 7.70. The fourth-order valence-corrected chi connectivity index (χ4v) is 3.74.